The normalized spacial score (nSPS) is 12.2. The second kappa shape index (κ2) is 7.06. The van der Waals surface area contributed by atoms with Crippen LogP contribution in [0.4, 0.5) is 4.39 Å². The maximum Gasteiger partial charge on any atom is 0.183 e. The molecule has 1 N–H and O–H groups in total. The van der Waals surface area contributed by atoms with Crippen molar-refractivity contribution in [1.82, 2.24) is 4.98 Å². The minimum Gasteiger partial charge on any atom is -0.496 e. The maximum absolute atomic E-state index is 13.4. The molecule has 3 rings (SSSR count). The van der Waals surface area contributed by atoms with Crippen molar-refractivity contribution in [2.24, 2.45) is 0 Å². The lowest BCUT2D eigenvalue weighted by molar-refractivity contribution is 0.0992. The van der Waals surface area contributed by atoms with E-state index in [1.807, 2.05) is 0 Å². The van der Waals surface area contributed by atoms with Gasteiger partial charge in [0.15, 0.2) is 5.78 Å². The molecular weight excluding hydrogens is 413 g/mol. The number of rotatable bonds is 5. The van der Waals surface area contributed by atoms with Crippen LogP contribution < -0.4 is 9.47 Å². The fraction of sp³-hybridized carbons (Fsp3) is 0.167. The smallest absolute Gasteiger partial charge is 0.183 e. The van der Waals surface area contributed by atoms with E-state index < -0.39 is 10.6 Å². The summed E-state index contributed by atoms with van der Waals surface area (Å²) in [6, 6.07) is 7.53. The van der Waals surface area contributed by atoms with E-state index in [-0.39, 0.29) is 5.78 Å². The van der Waals surface area contributed by atoms with Gasteiger partial charge in [0.25, 0.3) is 0 Å². The molecule has 0 radical (unpaired) electrons. The van der Waals surface area contributed by atoms with E-state index in [9.17, 15) is 9.18 Å². The van der Waals surface area contributed by atoms with E-state index in [1.54, 1.807) is 18.3 Å². The molecule has 0 spiro atoms. The van der Waals surface area contributed by atoms with Gasteiger partial charge in [-0.15, -0.1) is 0 Å². The standard InChI is InChI=1S/C18H14BrClFNO3/c1-24-13-6-5-10-12(8-22-17(10)16(13)20)18(23)15(19)11-4-3-9(21)7-14(11)25-2/h3-8,15,22H,1-2H3. The number of H-pyrrole nitrogens is 1. The number of Topliss-reactive ketones (excluding diaryl/α,β-unsaturated/α-hetero) is 1. The number of fused-ring (bicyclic) bond motifs is 1. The topological polar surface area (TPSA) is 51.3 Å². The Morgan fingerprint density at radius 3 is 2.60 bits per heavy atom. The Kier molecular flexibility index (Phi) is 5.01. The van der Waals surface area contributed by atoms with E-state index in [0.29, 0.717) is 38.6 Å². The molecule has 0 amide bonds. The van der Waals surface area contributed by atoms with Crippen LogP contribution in [0.1, 0.15) is 20.7 Å². The van der Waals surface area contributed by atoms with Crippen molar-refractivity contribution in [3.63, 3.8) is 0 Å². The van der Waals surface area contributed by atoms with Crippen LogP contribution in [0.25, 0.3) is 10.9 Å². The predicted molar refractivity (Wildman–Crippen MR) is 98.8 cm³/mol. The van der Waals surface area contributed by atoms with Gasteiger partial charge in [-0.3, -0.25) is 4.79 Å². The number of ketones is 1. The number of halogens is 3. The van der Waals surface area contributed by atoms with Gasteiger partial charge < -0.3 is 14.5 Å². The molecule has 0 aliphatic rings. The lowest BCUT2D eigenvalue weighted by Gasteiger charge is -2.13. The zero-order valence-electron chi connectivity index (χ0n) is 13.4. The van der Waals surface area contributed by atoms with Crippen LogP contribution in [0.5, 0.6) is 11.5 Å². The first-order chi connectivity index (χ1) is 12.0. The van der Waals surface area contributed by atoms with Crippen molar-refractivity contribution >= 4 is 44.2 Å². The Morgan fingerprint density at radius 1 is 1.20 bits per heavy atom. The summed E-state index contributed by atoms with van der Waals surface area (Å²) >= 11 is 9.68. The van der Waals surface area contributed by atoms with Gasteiger partial charge in [0.05, 0.1) is 19.7 Å². The molecule has 1 aromatic heterocycles. The molecule has 2 aromatic carbocycles. The number of nitrogens with one attached hydrogen (secondary N) is 1. The summed E-state index contributed by atoms with van der Waals surface area (Å²) in [4.78, 5) is 15.3. The fourth-order valence-corrected chi connectivity index (χ4v) is 3.60. The number of benzene rings is 2. The predicted octanol–water partition coefficient (Wildman–Crippen LogP) is 5.30. The van der Waals surface area contributed by atoms with Crippen LogP contribution in [-0.2, 0) is 0 Å². The number of alkyl halides is 1. The summed E-state index contributed by atoms with van der Waals surface area (Å²) in [6.45, 7) is 0. The Labute approximate surface area is 157 Å². The number of carbonyl (C=O) groups is 1. The molecule has 0 bridgehead atoms. The average molecular weight is 427 g/mol. The highest BCUT2D eigenvalue weighted by molar-refractivity contribution is 9.09. The molecule has 0 aliphatic heterocycles. The van der Waals surface area contributed by atoms with Crippen LogP contribution in [0.15, 0.2) is 36.5 Å². The van der Waals surface area contributed by atoms with Crippen LogP contribution in [-0.4, -0.2) is 25.0 Å². The third-order valence-corrected chi connectivity index (χ3v) is 5.23. The summed E-state index contributed by atoms with van der Waals surface area (Å²) in [5.41, 5.74) is 1.63. The first-order valence-electron chi connectivity index (χ1n) is 7.33. The molecule has 1 atom stereocenters. The van der Waals surface area contributed by atoms with E-state index in [4.69, 9.17) is 21.1 Å². The largest absolute Gasteiger partial charge is 0.496 e. The van der Waals surface area contributed by atoms with Crippen molar-refractivity contribution in [3.8, 4) is 11.5 Å². The summed E-state index contributed by atoms with van der Waals surface area (Å²) in [5.74, 6) is 0.191. The molecule has 1 heterocycles. The second-order valence-corrected chi connectivity index (χ2v) is 6.61. The van der Waals surface area contributed by atoms with E-state index in [1.165, 1.54) is 32.4 Å². The minimum atomic E-state index is -0.692. The number of carbonyl (C=O) groups excluding carboxylic acids is 1. The van der Waals surface area contributed by atoms with Crippen molar-refractivity contribution < 1.29 is 18.7 Å². The molecule has 4 nitrogen and oxygen atoms in total. The molecule has 1 unspecified atom stereocenters. The van der Waals surface area contributed by atoms with Crippen LogP contribution in [0.2, 0.25) is 5.02 Å². The van der Waals surface area contributed by atoms with Crippen molar-refractivity contribution in [2.75, 3.05) is 14.2 Å². The van der Waals surface area contributed by atoms with Crippen LogP contribution in [0, 0.1) is 5.82 Å². The first kappa shape index (κ1) is 17.8. The third-order valence-electron chi connectivity index (χ3n) is 3.94. The number of aromatic amines is 1. The average Bonchev–Trinajstić information content (AvgIpc) is 3.05. The Morgan fingerprint density at radius 2 is 1.92 bits per heavy atom. The Hall–Kier alpha value is -2.05. The van der Waals surface area contributed by atoms with Crippen molar-refractivity contribution in [1.29, 1.82) is 0 Å². The Balaban J connectivity index is 2.04. The summed E-state index contributed by atoms with van der Waals surface area (Å²) in [7, 11) is 2.96. The SMILES string of the molecule is COc1cc(F)ccc1C(Br)C(=O)c1c[nH]c2c(Cl)c(OC)ccc12. The lowest BCUT2D eigenvalue weighted by Crippen LogP contribution is -2.08. The minimum absolute atomic E-state index is 0.197. The highest BCUT2D eigenvalue weighted by atomic mass is 79.9. The first-order valence-corrected chi connectivity index (χ1v) is 8.62. The third kappa shape index (κ3) is 3.12. The van der Waals surface area contributed by atoms with Crippen LogP contribution >= 0.6 is 27.5 Å². The number of hydrogen-bond acceptors (Lipinski definition) is 3. The van der Waals surface area contributed by atoms with Gasteiger partial charge in [-0.25, -0.2) is 4.39 Å². The van der Waals surface area contributed by atoms with E-state index in [0.717, 1.165) is 0 Å². The molecule has 0 saturated heterocycles. The number of ether oxygens (including phenoxy) is 2. The van der Waals surface area contributed by atoms with Gasteiger partial charge in [0.1, 0.15) is 27.2 Å². The van der Waals surface area contributed by atoms with Gasteiger partial charge in [-0.05, 0) is 18.2 Å². The van der Waals surface area contributed by atoms with Crippen LogP contribution in [0.3, 0.4) is 0 Å². The Bertz CT molecular complexity index is 957. The van der Waals surface area contributed by atoms with Crippen molar-refractivity contribution in [2.45, 2.75) is 4.83 Å². The zero-order valence-corrected chi connectivity index (χ0v) is 15.7. The quantitative estimate of drug-likeness (QED) is 0.445. The highest BCUT2D eigenvalue weighted by Gasteiger charge is 2.25. The van der Waals surface area contributed by atoms with Gasteiger partial charge in [0.2, 0.25) is 0 Å². The number of hydrogen-bond donors (Lipinski definition) is 1. The lowest BCUT2D eigenvalue weighted by atomic mass is 10.0. The molecular formula is C18H14BrClFNO3. The highest BCUT2D eigenvalue weighted by Crippen LogP contribution is 2.38. The van der Waals surface area contributed by atoms with Gasteiger partial charge in [0, 0.05) is 28.8 Å². The molecule has 130 valence electrons. The summed E-state index contributed by atoms with van der Waals surface area (Å²) in [5, 5.41) is 1.09. The molecule has 7 heteroatoms. The molecule has 25 heavy (non-hydrogen) atoms. The summed E-state index contributed by atoms with van der Waals surface area (Å²) in [6.07, 6.45) is 1.60. The molecule has 3 aromatic rings. The second-order valence-electron chi connectivity index (χ2n) is 5.32. The molecule has 0 saturated carbocycles. The van der Waals surface area contributed by atoms with E-state index in [2.05, 4.69) is 20.9 Å². The number of methoxy groups -OCH3 is 2. The monoisotopic (exact) mass is 425 g/mol. The van der Waals surface area contributed by atoms with Gasteiger partial charge in [-0.1, -0.05) is 33.6 Å². The molecule has 0 fully saturated rings. The van der Waals surface area contributed by atoms with Crippen molar-refractivity contribution in [3.05, 3.63) is 58.5 Å². The maximum atomic E-state index is 13.4. The summed E-state index contributed by atoms with van der Waals surface area (Å²) < 4.78 is 23.8. The van der Waals surface area contributed by atoms with E-state index >= 15 is 0 Å². The molecule has 0 aliphatic carbocycles. The zero-order chi connectivity index (χ0) is 18.1. The number of aromatic nitrogens is 1. The van der Waals surface area contributed by atoms with Gasteiger partial charge >= 0.3 is 0 Å². The van der Waals surface area contributed by atoms with Gasteiger partial charge in [-0.2, -0.15) is 0 Å². The fourth-order valence-electron chi connectivity index (χ4n) is 2.68.